The molecule has 4 heteroatoms. The Morgan fingerprint density at radius 1 is 1.70 bits per heavy atom. The Labute approximate surface area is 90.9 Å². The fourth-order valence-electron chi connectivity index (χ4n) is 0.186. The van der Waals surface area contributed by atoms with E-state index in [4.69, 9.17) is 0 Å². The molecule has 0 aliphatic carbocycles. The Kier molecular flexibility index (Phi) is 20.3. The summed E-state index contributed by atoms with van der Waals surface area (Å²) in [6.45, 7) is 3.41. The molecule has 0 rings (SSSR count). The summed E-state index contributed by atoms with van der Waals surface area (Å²) in [5.41, 5.74) is 0. The van der Waals surface area contributed by atoms with Crippen molar-refractivity contribution in [3.63, 3.8) is 0 Å². The molecule has 0 spiro atoms. The van der Waals surface area contributed by atoms with Crippen LogP contribution in [0.1, 0.15) is 6.42 Å². The number of hydrogen-bond donors (Lipinski definition) is 0. The zero-order valence-corrected chi connectivity index (χ0v) is 11.1. The Morgan fingerprint density at radius 3 is 2.50 bits per heavy atom. The van der Waals surface area contributed by atoms with Crippen molar-refractivity contribution < 1.29 is 29.0 Å². The number of rotatable bonds is 0. The van der Waals surface area contributed by atoms with E-state index < -0.39 is 5.97 Å². The second kappa shape index (κ2) is 12.1. The first-order chi connectivity index (χ1) is 3.81. The van der Waals surface area contributed by atoms with Crippen molar-refractivity contribution in [2.45, 2.75) is 6.42 Å². The standard InChI is InChI=1S/C6H7O2.HI.Zn/c1-3-4-5-6(7)8-2;;/h1,3H2,2H3;1H;/q-1;;. The van der Waals surface area contributed by atoms with Gasteiger partial charge in [-0.1, -0.05) is 0 Å². The quantitative estimate of drug-likeness (QED) is 0.167. The third kappa shape index (κ3) is 11.2. The summed E-state index contributed by atoms with van der Waals surface area (Å²) in [7, 11) is 1.29. The van der Waals surface area contributed by atoms with Crippen LogP contribution in [0.3, 0.4) is 0 Å². The zero-order chi connectivity index (χ0) is 6.41. The summed E-state index contributed by atoms with van der Waals surface area (Å²) in [5, 5.41) is 0. The molecule has 0 aliphatic heterocycles. The van der Waals surface area contributed by atoms with Gasteiger partial charge in [-0.2, -0.15) is 0 Å². The Bertz CT molecular complexity index is 136. The topological polar surface area (TPSA) is 26.3 Å². The summed E-state index contributed by atoms with van der Waals surface area (Å²) in [6, 6.07) is 0. The molecule has 0 aromatic carbocycles. The van der Waals surface area contributed by atoms with E-state index in [-0.39, 0.29) is 43.5 Å². The predicted molar refractivity (Wildman–Crippen MR) is 45.2 cm³/mol. The molecule has 0 saturated carbocycles. The fourth-order valence-corrected chi connectivity index (χ4v) is 0.186. The van der Waals surface area contributed by atoms with E-state index in [1.165, 1.54) is 7.11 Å². The van der Waals surface area contributed by atoms with E-state index in [2.05, 4.69) is 23.5 Å². The van der Waals surface area contributed by atoms with Crippen LogP contribution in [0, 0.1) is 18.8 Å². The van der Waals surface area contributed by atoms with E-state index in [1.807, 2.05) is 0 Å². The van der Waals surface area contributed by atoms with Gasteiger partial charge in [-0.05, 0) is 0 Å². The molecule has 0 atom stereocenters. The minimum absolute atomic E-state index is 0. The maximum atomic E-state index is 10.1. The smallest absolute Gasteiger partial charge is 0.383 e. The largest absolute Gasteiger partial charge is 0.459 e. The Hall–Kier alpha value is 0.383. The molecular weight excluding hydrogens is 296 g/mol. The molecule has 0 aliphatic rings. The summed E-state index contributed by atoms with van der Waals surface area (Å²) >= 11 is 0. The molecule has 0 aromatic rings. The SMILES string of the molecule is I.[CH2-]CC#CC(=O)OC.[Zn]. The molecule has 0 fully saturated rings. The zero-order valence-electron chi connectivity index (χ0n) is 5.85. The van der Waals surface area contributed by atoms with Gasteiger partial charge >= 0.3 is 5.97 Å². The van der Waals surface area contributed by atoms with Crippen LogP contribution in [-0.2, 0) is 29.0 Å². The van der Waals surface area contributed by atoms with Crippen molar-refractivity contribution in [3.05, 3.63) is 6.92 Å². The van der Waals surface area contributed by atoms with E-state index in [0.717, 1.165) is 0 Å². The predicted octanol–water partition coefficient (Wildman–Crippen LogP) is 1.00. The van der Waals surface area contributed by atoms with Crippen molar-refractivity contribution in [3.8, 4) is 11.8 Å². The minimum Gasteiger partial charge on any atom is -0.459 e. The van der Waals surface area contributed by atoms with Gasteiger partial charge in [0.05, 0.1) is 7.11 Å². The summed E-state index contributed by atoms with van der Waals surface area (Å²) < 4.78 is 4.21. The first kappa shape index (κ1) is 16.8. The molecule has 0 saturated heterocycles. The third-order valence-corrected chi connectivity index (χ3v) is 0.501. The van der Waals surface area contributed by atoms with Gasteiger partial charge in [0.1, 0.15) is 0 Å². The normalized spacial score (nSPS) is 5.40. The molecule has 10 heavy (non-hydrogen) atoms. The monoisotopic (exact) mass is 303 g/mol. The molecule has 0 heterocycles. The summed E-state index contributed by atoms with van der Waals surface area (Å²) in [4.78, 5) is 10.1. The van der Waals surface area contributed by atoms with Gasteiger partial charge in [0.2, 0.25) is 0 Å². The average molecular weight is 304 g/mol. The van der Waals surface area contributed by atoms with Crippen molar-refractivity contribution >= 4 is 29.9 Å². The molecule has 0 amide bonds. The van der Waals surface area contributed by atoms with Gasteiger partial charge in [-0.25, -0.2) is 4.79 Å². The average Bonchev–Trinajstić information content (AvgIpc) is 1.83. The van der Waals surface area contributed by atoms with Gasteiger partial charge in [-0.15, -0.1) is 36.3 Å². The number of methoxy groups -OCH3 is 1. The maximum absolute atomic E-state index is 10.1. The fraction of sp³-hybridized carbons (Fsp3) is 0.333. The Balaban J connectivity index is -0.000000245. The summed E-state index contributed by atoms with van der Waals surface area (Å²) in [5.74, 6) is 4.17. The molecule has 0 N–H and O–H groups in total. The third-order valence-electron chi connectivity index (χ3n) is 0.501. The Morgan fingerprint density at radius 2 is 2.20 bits per heavy atom. The van der Waals surface area contributed by atoms with Crippen molar-refractivity contribution in [1.82, 2.24) is 0 Å². The molecular formula is C6H8IO2Zn-. The first-order valence-corrected chi connectivity index (χ1v) is 2.17. The molecule has 0 unspecified atom stereocenters. The molecule has 54 valence electrons. The van der Waals surface area contributed by atoms with Gasteiger partial charge in [-0.3, -0.25) is 0 Å². The number of hydrogen-bond acceptors (Lipinski definition) is 2. The minimum atomic E-state index is -0.506. The second-order valence-electron chi connectivity index (χ2n) is 1.04. The van der Waals surface area contributed by atoms with E-state index in [0.29, 0.717) is 6.42 Å². The van der Waals surface area contributed by atoms with Crippen molar-refractivity contribution in [2.24, 2.45) is 0 Å². The second-order valence-corrected chi connectivity index (χ2v) is 1.04. The van der Waals surface area contributed by atoms with Crippen molar-refractivity contribution in [1.29, 1.82) is 0 Å². The van der Waals surface area contributed by atoms with Crippen LogP contribution in [-0.4, -0.2) is 13.1 Å². The number of esters is 1. The van der Waals surface area contributed by atoms with Crippen LogP contribution >= 0.6 is 24.0 Å². The number of carbonyl (C=O) groups excluding carboxylic acids is 1. The van der Waals surface area contributed by atoms with Gasteiger partial charge in [0, 0.05) is 25.4 Å². The van der Waals surface area contributed by atoms with E-state index in [9.17, 15) is 4.79 Å². The van der Waals surface area contributed by atoms with Crippen LogP contribution in [0.4, 0.5) is 0 Å². The number of ether oxygens (including phenoxy) is 1. The molecule has 0 aromatic heterocycles. The van der Waals surface area contributed by atoms with Crippen molar-refractivity contribution in [2.75, 3.05) is 7.11 Å². The molecule has 0 radical (unpaired) electrons. The van der Waals surface area contributed by atoms with Gasteiger partial charge in [0.15, 0.2) is 0 Å². The van der Waals surface area contributed by atoms with Crippen LogP contribution in [0.15, 0.2) is 0 Å². The number of carbonyl (C=O) groups is 1. The van der Waals surface area contributed by atoms with Crippen LogP contribution in [0.5, 0.6) is 0 Å². The summed E-state index contributed by atoms with van der Waals surface area (Å²) in [6.07, 6.45) is 0.440. The number of halogens is 1. The molecule has 0 bridgehead atoms. The van der Waals surface area contributed by atoms with E-state index in [1.54, 1.807) is 0 Å². The van der Waals surface area contributed by atoms with Crippen LogP contribution in [0.25, 0.3) is 0 Å². The van der Waals surface area contributed by atoms with Crippen LogP contribution in [0.2, 0.25) is 0 Å². The van der Waals surface area contributed by atoms with Crippen LogP contribution < -0.4 is 0 Å². The first-order valence-electron chi connectivity index (χ1n) is 2.17. The molecule has 2 nitrogen and oxygen atoms in total. The van der Waals surface area contributed by atoms with Gasteiger partial charge in [0.25, 0.3) is 0 Å². The van der Waals surface area contributed by atoms with E-state index >= 15 is 0 Å². The van der Waals surface area contributed by atoms with Gasteiger partial charge < -0.3 is 11.7 Å². The maximum Gasteiger partial charge on any atom is 0.383 e.